The molecular weight excluding hydrogens is 284 g/mol. The molecule has 0 aromatic heterocycles. The molecule has 0 spiro atoms. The number of rotatable bonds is 6. The van der Waals surface area contributed by atoms with Crippen LogP contribution in [0.4, 0.5) is 0 Å². The molecule has 0 aliphatic heterocycles. The minimum atomic E-state index is -0.804. The Hall–Kier alpha value is -0.580. The largest absolute Gasteiger partial charge is 0.489 e. The van der Waals surface area contributed by atoms with Crippen LogP contribution in [0.2, 0.25) is 0 Å². The normalized spacial score (nSPS) is 11.6. The number of hydrogen-bond acceptors (Lipinski definition) is 3. The van der Waals surface area contributed by atoms with Crippen LogP contribution in [0.3, 0.4) is 0 Å². The summed E-state index contributed by atoms with van der Waals surface area (Å²) < 4.78 is 6.44. The lowest BCUT2D eigenvalue weighted by Gasteiger charge is -2.26. The van der Waals surface area contributed by atoms with Crippen LogP contribution < -0.4 is 4.74 Å². The van der Waals surface area contributed by atoms with Gasteiger partial charge in [0.25, 0.3) is 0 Å². The molecule has 1 aromatic rings. The highest BCUT2D eigenvalue weighted by molar-refractivity contribution is 9.10. The van der Waals surface area contributed by atoms with Gasteiger partial charge in [0.1, 0.15) is 12.4 Å². The molecule has 96 valence electrons. The Balaban J connectivity index is 2.81. The van der Waals surface area contributed by atoms with Crippen molar-refractivity contribution < 1.29 is 14.9 Å². The average molecular weight is 303 g/mol. The quantitative estimate of drug-likeness (QED) is 0.849. The van der Waals surface area contributed by atoms with Gasteiger partial charge in [-0.15, -0.1) is 0 Å². The van der Waals surface area contributed by atoms with E-state index in [0.717, 1.165) is 4.47 Å². The van der Waals surface area contributed by atoms with Gasteiger partial charge in [0.15, 0.2) is 0 Å². The average Bonchev–Trinajstić information content (AvgIpc) is 2.36. The molecule has 0 atom stereocenters. The summed E-state index contributed by atoms with van der Waals surface area (Å²) in [4.78, 5) is 0. The van der Waals surface area contributed by atoms with Crippen molar-refractivity contribution in [3.63, 3.8) is 0 Å². The summed E-state index contributed by atoms with van der Waals surface area (Å²) in [5, 5.41) is 19.4. The van der Waals surface area contributed by atoms with Gasteiger partial charge >= 0.3 is 0 Å². The first-order valence-electron chi connectivity index (χ1n) is 5.79. The van der Waals surface area contributed by atoms with E-state index in [1.165, 1.54) is 0 Å². The van der Waals surface area contributed by atoms with Gasteiger partial charge in [0.2, 0.25) is 0 Å². The van der Waals surface area contributed by atoms with Crippen LogP contribution >= 0.6 is 15.9 Å². The van der Waals surface area contributed by atoms with Crippen molar-refractivity contribution in [2.45, 2.75) is 38.9 Å². The van der Waals surface area contributed by atoms with Crippen molar-refractivity contribution in [1.29, 1.82) is 0 Å². The first-order valence-corrected chi connectivity index (χ1v) is 6.59. The van der Waals surface area contributed by atoms with Crippen molar-refractivity contribution in [3.8, 4) is 5.75 Å². The van der Waals surface area contributed by atoms with Crippen molar-refractivity contribution in [1.82, 2.24) is 0 Å². The van der Waals surface area contributed by atoms with Gasteiger partial charge in [0.05, 0.1) is 16.7 Å². The number of ether oxygens (including phenoxy) is 1. The molecule has 0 radical (unpaired) electrons. The molecule has 17 heavy (non-hydrogen) atoms. The summed E-state index contributed by atoms with van der Waals surface area (Å²) in [5.74, 6) is 0.607. The summed E-state index contributed by atoms with van der Waals surface area (Å²) in [6.07, 6.45) is 1.28. The van der Waals surface area contributed by atoms with Crippen LogP contribution in [0.1, 0.15) is 32.3 Å². The number of halogens is 1. The van der Waals surface area contributed by atoms with Crippen LogP contribution in [0.15, 0.2) is 22.7 Å². The van der Waals surface area contributed by atoms with Gasteiger partial charge in [-0.25, -0.2) is 0 Å². The second kappa shape index (κ2) is 6.38. The molecule has 1 rings (SSSR count). The Kier molecular flexibility index (Phi) is 5.43. The predicted molar refractivity (Wildman–Crippen MR) is 71.1 cm³/mol. The van der Waals surface area contributed by atoms with Crippen molar-refractivity contribution in [3.05, 3.63) is 28.2 Å². The monoisotopic (exact) mass is 302 g/mol. The molecular formula is C13H19BrO3. The third-order valence-electron chi connectivity index (χ3n) is 3.02. The van der Waals surface area contributed by atoms with Gasteiger partial charge in [-0.2, -0.15) is 0 Å². The van der Waals surface area contributed by atoms with E-state index in [-0.39, 0.29) is 13.2 Å². The molecule has 3 nitrogen and oxygen atoms in total. The maximum atomic E-state index is 10.1. The number of aliphatic hydroxyl groups is 2. The summed E-state index contributed by atoms with van der Waals surface area (Å²) in [7, 11) is 0. The maximum absolute atomic E-state index is 10.1. The molecule has 2 N–H and O–H groups in total. The Morgan fingerprint density at radius 2 is 1.94 bits per heavy atom. The van der Waals surface area contributed by atoms with E-state index in [0.29, 0.717) is 24.2 Å². The van der Waals surface area contributed by atoms with Crippen LogP contribution in [0.5, 0.6) is 5.75 Å². The Morgan fingerprint density at radius 3 is 2.47 bits per heavy atom. The fourth-order valence-corrected chi connectivity index (χ4v) is 2.02. The number of aliphatic hydroxyl groups excluding tert-OH is 1. The van der Waals surface area contributed by atoms with Gasteiger partial charge < -0.3 is 14.9 Å². The molecule has 0 aliphatic carbocycles. The number of hydrogen-bond donors (Lipinski definition) is 2. The zero-order valence-corrected chi connectivity index (χ0v) is 11.8. The van der Waals surface area contributed by atoms with Crippen LogP contribution in [0.25, 0.3) is 0 Å². The molecule has 0 bridgehead atoms. The minimum Gasteiger partial charge on any atom is -0.489 e. The summed E-state index contributed by atoms with van der Waals surface area (Å²) in [6, 6.07) is 5.50. The highest BCUT2D eigenvalue weighted by Crippen LogP contribution is 2.30. The van der Waals surface area contributed by atoms with Crippen molar-refractivity contribution in [2.75, 3.05) is 6.61 Å². The molecule has 0 unspecified atom stereocenters. The molecule has 0 fully saturated rings. The van der Waals surface area contributed by atoms with Gasteiger partial charge in [-0.1, -0.05) is 26.0 Å². The van der Waals surface area contributed by atoms with Crippen LogP contribution in [-0.4, -0.2) is 22.4 Å². The maximum Gasteiger partial charge on any atom is 0.139 e. The fourth-order valence-electron chi connectivity index (χ4n) is 1.50. The molecule has 0 saturated carbocycles. The fraction of sp³-hybridized carbons (Fsp3) is 0.538. The first-order chi connectivity index (χ1) is 8.06. The number of para-hydroxylation sites is 1. The van der Waals surface area contributed by atoms with E-state index in [9.17, 15) is 10.2 Å². The van der Waals surface area contributed by atoms with E-state index in [2.05, 4.69) is 15.9 Å². The molecule has 0 amide bonds. The van der Waals surface area contributed by atoms with Gasteiger partial charge in [-0.3, -0.25) is 0 Å². The lowest BCUT2D eigenvalue weighted by Crippen LogP contribution is -2.34. The summed E-state index contributed by atoms with van der Waals surface area (Å²) in [5.41, 5.74) is -0.0870. The topological polar surface area (TPSA) is 49.7 Å². The second-order valence-electron chi connectivity index (χ2n) is 4.11. The van der Waals surface area contributed by atoms with Gasteiger partial charge in [-0.05, 0) is 34.8 Å². The summed E-state index contributed by atoms with van der Waals surface area (Å²) in [6.45, 7) is 4.01. The highest BCUT2D eigenvalue weighted by Gasteiger charge is 2.24. The summed E-state index contributed by atoms with van der Waals surface area (Å²) >= 11 is 3.38. The molecule has 0 saturated heterocycles. The van der Waals surface area contributed by atoms with Crippen LogP contribution in [0, 0.1) is 0 Å². The first kappa shape index (κ1) is 14.5. The van der Waals surface area contributed by atoms with E-state index in [1.807, 2.05) is 26.0 Å². The highest BCUT2D eigenvalue weighted by atomic mass is 79.9. The van der Waals surface area contributed by atoms with Crippen molar-refractivity contribution >= 4 is 15.9 Å². The minimum absolute atomic E-state index is 0.0779. The van der Waals surface area contributed by atoms with E-state index >= 15 is 0 Å². The Bertz CT molecular complexity index is 362. The third kappa shape index (κ3) is 3.69. The zero-order chi connectivity index (χ0) is 12.9. The zero-order valence-electron chi connectivity index (χ0n) is 10.2. The van der Waals surface area contributed by atoms with Crippen molar-refractivity contribution in [2.24, 2.45) is 0 Å². The molecule has 1 aromatic carbocycles. The van der Waals surface area contributed by atoms with Crippen LogP contribution in [-0.2, 0) is 6.61 Å². The standard InChI is InChI=1S/C13H19BrO3/c1-3-13(16,4-2)9-17-12-10(8-15)6-5-7-11(12)14/h5-7,15-16H,3-4,8-9H2,1-2H3. The Labute approximate surface area is 111 Å². The third-order valence-corrected chi connectivity index (χ3v) is 3.64. The van der Waals surface area contributed by atoms with E-state index in [4.69, 9.17) is 4.74 Å². The molecule has 0 aliphatic rings. The Morgan fingerprint density at radius 1 is 1.29 bits per heavy atom. The predicted octanol–water partition coefficient (Wildman–Crippen LogP) is 2.87. The van der Waals surface area contributed by atoms with E-state index < -0.39 is 5.60 Å². The number of benzene rings is 1. The van der Waals surface area contributed by atoms with Gasteiger partial charge in [0, 0.05) is 5.56 Å². The smallest absolute Gasteiger partial charge is 0.139 e. The van der Waals surface area contributed by atoms with E-state index in [1.54, 1.807) is 6.07 Å². The second-order valence-corrected chi connectivity index (χ2v) is 4.96. The molecule has 4 heteroatoms. The SMILES string of the molecule is CCC(O)(CC)COc1c(Br)cccc1CO. The lowest BCUT2D eigenvalue weighted by molar-refractivity contribution is -0.0120. The lowest BCUT2D eigenvalue weighted by atomic mass is 9.99. The molecule has 0 heterocycles.